The lowest BCUT2D eigenvalue weighted by atomic mass is 9.90. The number of aromatic amines is 1. The Balaban J connectivity index is 2.12. The number of hydrogen-bond acceptors (Lipinski definition) is 4. The molecule has 1 aromatic carbocycles. The Labute approximate surface area is 118 Å². The third-order valence-corrected chi connectivity index (χ3v) is 3.33. The van der Waals surface area contributed by atoms with Crippen molar-refractivity contribution in [1.29, 1.82) is 0 Å². The summed E-state index contributed by atoms with van der Waals surface area (Å²) in [5, 5.41) is 3.81. The minimum Gasteiger partial charge on any atom is -0.385 e. The van der Waals surface area contributed by atoms with Gasteiger partial charge in [0, 0.05) is 20.3 Å². The monoisotopic (exact) mass is 275 g/mol. The van der Waals surface area contributed by atoms with E-state index in [1.807, 2.05) is 18.2 Å². The smallest absolute Gasteiger partial charge is 0.260 e. The molecule has 0 radical (unpaired) electrons. The normalized spacial score (nSPS) is 11.8. The summed E-state index contributed by atoms with van der Waals surface area (Å²) in [5.41, 5.74) is 0.654. The maximum Gasteiger partial charge on any atom is 0.260 e. The van der Waals surface area contributed by atoms with Gasteiger partial charge < -0.3 is 10.1 Å². The highest BCUT2D eigenvalue weighted by Gasteiger charge is 2.17. The summed E-state index contributed by atoms with van der Waals surface area (Å²) in [7, 11) is 1.70. The van der Waals surface area contributed by atoms with Crippen LogP contribution in [0.4, 0.5) is 5.95 Å². The highest BCUT2D eigenvalue weighted by atomic mass is 16.5. The van der Waals surface area contributed by atoms with E-state index >= 15 is 0 Å². The fraction of sp³-hybridized carbons (Fsp3) is 0.467. The van der Waals surface area contributed by atoms with Gasteiger partial charge in [0.15, 0.2) is 0 Å². The van der Waals surface area contributed by atoms with Crippen LogP contribution in [-0.2, 0) is 4.74 Å². The Morgan fingerprint density at radius 3 is 2.85 bits per heavy atom. The fourth-order valence-corrected chi connectivity index (χ4v) is 1.96. The number of ether oxygens (including phenoxy) is 1. The molecule has 0 aliphatic heterocycles. The van der Waals surface area contributed by atoms with Crippen molar-refractivity contribution in [1.82, 2.24) is 9.97 Å². The summed E-state index contributed by atoms with van der Waals surface area (Å²) in [4.78, 5) is 19.1. The number of nitrogens with one attached hydrogen (secondary N) is 2. The van der Waals surface area contributed by atoms with Gasteiger partial charge in [-0.3, -0.25) is 9.78 Å². The van der Waals surface area contributed by atoms with Gasteiger partial charge in [0.05, 0.1) is 10.9 Å². The molecule has 0 saturated heterocycles. The summed E-state index contributed by atoms with van der Waals surface area (Å²) < 4.78 is 5.11. The first-order valence-corrected chi connectivity index (χ1v) is 6.74. The molecule has 0 atom stereocenters. The third-order valence-electron chi connectivity index (χ3n) is 3.33. The number of methoxy groups -OCH3 is 1. The van der Waals surface area contributed by atoms with Crippen molar-refractivity contribution in [3.05, 3.63) is 34.6 Å². The summed E-state index contributed by atoms with van der Waals surface area (Å²) in [6, 6.07) is 7.32. The average Bonchev–Trinajstić information content (AvgIpc) is 2.43. The predicted octanol–water partition coefficient (Wildman–Crippen LogP) is 2.40. The van der Waals surface area contributed by atoms with Crippen LogP contribution in [0.25, 0.3) is 10.9 Å². The molecular weight excluding hydrogens is 254 g/mol. The van der Waals surface area contributed by atoms with Gasteiger partial charge in [-0.1, -0.05) is 26.0 Å². The molecule has 108 valence electrons. The summed E-state index contributed by atoms with van der Waals surface area (Å²) in [5.74, 6) is 0.513. The molecule has 0 fully saturated rings. The second-order valence-electron chi connectivity index (χ2n) is 5.69. The van der Waals surface area contributed by atoms with Crippen LogP contribution < -0.4 is 10.9 Å². The van der Waals surface area contributed by atoms with Crippen molar-refractivity contribution in [2.24, 2.45) is 5.41 Å². The molecule has 1 aromatic heterocycles. The summed E-state index contributed by atoms with van der Waals surface area (Å²) in [6.07, 6.45) is 0.939. The van der Waals surface area contributed by atoms with Gasteiger partial charge >= 0.3 is 0 Å². The van der Waals surface area contributed by atoms with E-state index in [1.54, 1.807) is 13.2 Å². The van der Waals surface area contributed by atoms with E-state index in [1.165, 1.54) is 0 Å². The lowest BCUT2D eigenvalue weighted by Crippen LogP contribution is -2.26. The third kappa shape index (κ3) is 3.57. The van der Waals surface area contributed by atoms with Crippen molar-refractivity contribution < 1.29 is 4.74 Å². The minimum absolute atomic E-state index is 0.0697. The van der Waals surface area contributed by atoms with Crippen molar-refractivity contribution in [3.63, 3.8) is 0 Å². The molecule has 0 aliphatic rings. The van der Waals surface area contributed by atoms with Crippen LogP contribution in [0.15, 0.2) is 29.1 Å². The Morgan fingerprint density at radius 1 is 1.35 bits per heavy atom. The second kappa shape index (κ2) is 6.05. The molecule has 2 aromatic rings. The molecule has 20 heavy (non-hydrogen) atoms. The molecule has 5 nitrogen and oxygen atoms in total. The molecule has 1 heterocycles. The molecule has 0 spiro atoms. The minimum atomic E-state index is -0.118. The van der Waals surface area contributed by atoms with E-state index in [4.69, 9.17) is 4.74 Å². The molecular formula is C15H21N3O2. The maximum absolute atomic E-state index is 11.9. The number of benzene rings is 1. The Hall–Kier alpha value is -1.88. The standard InChI is InChI=1S/C15H21N3O2/c1-15(2,8-9-20-3)10-16-14-17-12-7-5-4-6-11(12)13(19)18-14/h4-7H,8-10H2,1-3H3,(H2,16,17,18,19). The lowest BCUT2D eigenvalue weighted by molar-refractivity contribution is 0.157. The number of hydrogen-bond donors (Lipinski definition) is 2. The first-order chi connectivity index (χ1) is 9.52. The Morgan fingerprint density at radius 2 is 2.10 bits per heavy atom. The second-order valence-corrected chi connectivity index (χ2v) is 5.69. The Bertz CT molecular complexity index is 634. The van der Waals surface area contributed by atoms with Crippen LogP contribution in [0.5, 0.6) is 0 Å². The molecule has 0 amide bonds. The first kappa shape index (κ1) is 14.5. The van der Waals surface area contributed by atoms with E-state index in [0.717, 1.165) is 19.6 Å². The number of fused-ring (bicyclic) bond motifs is 1. The molecule has 0 bridgehead atoms. The van der Waals surface area contributed by atoms with Crippen LogP contribution >= 0.6 is 0 Å². The predicted molar refractivity (Wildman–Crippen MR) is 81.1 cm³/mol. The van der Waals surface area contributed by atoms with Gasteiger partial charge in [-0.05, 0) is 24.0 Å². The van der Waals surface area contributed by atoms with Gasteiger partial charge in [-0.15, -0.1) is 0 Å². The SMILES string of the molecule is COCCC(C)(C)CNc1nc2ccccc2c(=O)[nH]1. The Kier molecular flexibility index (Phi) is 4.39. The van der Waals surface area contributed by atoms with Crippen molar-refractivity contribution in [3.8, 4) is 0 Å². The van der Waals surface area contributed by atoms with E-state index < -0.39 is 0 Å². The summed E-state index contributed by atoms with van der Waals surface area (Å²) in [6.45, 7) is 5.74. The molecule has 2 N–H and O–H groups in total. The number of para-hydroxylation sites is 1. The molecule has 0 saturated carbocycles. The molecule has 5 heteroatoms. The molecule has 0 aliphatic carbocycles. The molecule has 2 rings (SSSR count). The number of rotatable bonds is 6. The van der Waals surface area contributed by atoms with Crippen molar-refractivity contribution >= 4 is 16.9 Å². The van der Waals surface area contributed by atoms with Crippen LogP contribution in [0.1, 0.15) is 20.3 Å². The fourth-order valence-electron chi connectivity index (χ4n) is 1.96. The van der Waals surface area contributed by atoms with Gasteiger partial charge in [0.1, 0.15) is 0 Å². The van der Waals surface area contributed by atoms with Gasteiger partial charge in [0.2, 0.25) is 5.95 Å². The number of nitrogens with zero attached hydrogens (tertiary/aromatic N) is 1. The highest BCUT2D eigenvalue weighted by Crippen LogP contribution is 2.20. The van der Waals surface area contributed by atoms with Crippen LogP contribution in [0.2, 0.25) is 0 Å². The zero-order chi connectivity index (χ0) is 14.6. The van der Waals surface area contributed by atoms with Crippen molar-refractivity contribution in [2.75, 3.05) is 25.6 Å². The van der Waals surface area contributed by atoms with Crippen LogP contribution in [0.3, 0.4) is 0 Å². The number of aromatic nitrogens is 2. The van der Waals surface area contributed by atoms with E-state index in [0.29, 0.717) is 16.9 Å². The summed E-state index contributed by atoms with van der Waals surface area (Å²) >= 11 is 0. The average molecular weight is 275 g/mol. The van der Waals surface area contributed by atoms with Gasteiger partial charge in [-0.2, -0.15) is 0 Å². The topological polar surface area (TPSA) is 67.0 Å². The van der Waals surface area contributed by atoms with Crippen molar-refractivity contribution in [2.45, 2.75) is 20.3 Å². The first-order valence-electron chi connectivity index (χ1n) is 6.74. The van der Waals surface area contributed by atoms with E-state index in [9.17, 15) is 4.79 Å². The number of anilines is 1. The largest absolute Gasteiger partial charge is 0.385 e. The van der Waals surface area contributed by atoms with Crippen LogP contribution in [0, 0.1) is 5.41 Å². The molecule has 0 unspecified atom stereocenters. The van der Waals surface area contributed by atoms with Gasteiger partial charge in [-0.25, -0.2) is 4.98 Å². The van der Waals surface area contributed by atoms with E-state index in [-0.39, 0.29) is 11.0 Å². The zero-order valence-corrected chi connectivity index (χ0v) is 12.2. The maximum atomic E-state index is 11.9. The highest BCUT2D eigenvalue weighted by molar-refractivity contribution is 5.78. The van der Waals surface area contributed by atoms with Crippen LogP contribution in [-0.4, -0.2) is 30.2 Å². The zero-order valence-electron chi connectivity index (χ0n) is 12.2. The quantitative estimate of drug-likeness (QED) is 0.849. The number of H-pyrrole nitrogens is 1. The van der Waals surface area contributed by atoms with Gasteiger partial charge in [0.25, 0.3) is 5.56 Å². The van der Waals surface area contributed by atoms with E-state index in [2.05, 4.69) is 29.1 Å². The lowest BCUT2D eigenvalue weighted by Gasteiger charge is -2.24.